The van der Waals surface area contributed by atoms with Gasteiger partial charge in [0, 0.05) is 0 Å². The van der Waals surface area contributed by atoms with Gasteiger partial charge in [0.25, 0.3) is 0 Å². The number of methoxy groups -OCH3 is 1. The minimum absolute atomic E-state index is 0.0930. The normalized spacial score (nSPS) is 16.8. The van der Waals surface area contributed by atoms with Gasteiger partial charge in [-0.25, -0.2) is 0 Å². The van der Waals surface area contributed by atoms with E-state index in [1.165, 1.54) is 7.11 Å². The number of esters is 1. The van der Waals surface area contributed by atoms with E-state index in [0.717, 1.165) is 0 Å². The van der Waals surface area contributed by atoms with E-state index in [9.17, 15) is 4.79 Å². The van der Waals surface area contributed by atoms with Crippen LogP contribution in [-0.2, 0) is 14.0 Å². The second-order valence-electron chi connectivity index (χ2n) is 4.70. The summed E-state index contributed by atoms with van der Waals surface area (Å²) in [4.78, 5) is 11.3. The van der Waals surface area contributed by atoms with Gasteiger partial charge in [0.05, 0.1) is 13.5 Å². The number of carbonyl (C=O) groups excluding carboxylic acids is 1. The number of rotatable bonds is 4. The van der Waals surface area contributed by atoms with Gasteiger partial charge in [-0.1, -0.05) is 34.8 Å². The number of halogens is 3. The van der Waals surface area contributed by atoms with Crippen LogP contribution in [0.1, 0.15) is 13.3 Å². The highest BCUT2D eigenvalue weighted by Crippen LogP contribution is 2.44. The monoisotopic (exact) mass is 306 g/mol. The van der Waals surface area contributed by atoms with Crippen LogP contribution in [0.5, 0.6) is 0 Å². The third kappa shape index (κ3) is 5.23. The highest BCUT2D eigenvalue weighted by atomic mass is 35.6. The Morgan fingerprint density at radius 3 is 1.94 bits per heavy atom. The van der Waals surface area contributed by atoms with Crippen molar-refractivity contribution >= 4 is 49.1 Å². The van der Waals surface area contributed by atoms with Crippen LogP contribution < -0.4 is 0 Å². The Bertz CT molecular complexity index is 260. The zero-order valence-electron chi connectivity index (χ0n) is 10.1. The van der Waals surface area contributed by atoms with Crippen molar-refractivity contribution in [2.24, 2.45) is 0 Å². The molecule has 0 fully saturated rings. The standard InChI is InChI=1S/C9H17Cl3O3Si/c1-8(9(10,11)12,6-7(13)14-2)15-16(3,4)5/h6H2,1-5H3. The van der Waals surface area contributed by atoms with Gasteiger partial charge in [0.15, 0.2) is 8.32 Å². The first-order valence-corrected chi connectivity index (χ1v) is 9.29. The number of ether oxygens (including phenoxy) is 1. The summed E-state index contributed by atoms with van der Waals surface area (Å²) in [5.74, 6) is -0.466. The van der Waals surface area contributed by atoms with Crippen molar-refractivity contribution in [2.75, 3.05) is 7.11 Å². The van der Waals surface area contributed by atoms with E-state index >= 15 is 0 Å². The molecule has 0 aliphatic rings. The number of carbonyl (C=O) groups is 1. The van der Waals surface area contributed by atoms with Crippen LogP contribution in [0.25, 0.3) is 0 Å². The Morgan fingerprint density at radius 1 is 1.25 bits per heavy atom. The van der Waals surface area contributed by atoms with E-state index in [0.29, 0.717) is 0 Å². The molecule has 3 nitrogen and oxygen atoms in total. The average molecular weight is 308 g/mol. The topological polar surface area (TPSA) is 35.5 Å². The third-order valence-electron chi connectivity index (χ3n) is 1.84. The van der Waals surface area contributed by atoms with Crippen molar-refractivity contribution in [1.82, 2.24) is 0 Å². The van der Waals surface area contributed by atoms with Gasteiger partial charge >= 0.3 is 5.97 Å². The van der Waals surface area contributed by atoms with Crippen LogP contribution in [-0.4, -0.2) is 30.8 Å². The lowest BCUT2D eigenvalue weighted by Gasteiger charge is -2.40. The quantitative estimate of drug-likeness (QED) is 0.453. The fourth-order valence-corrected chi connectivity index (χ4v) is 3.30. The maximum absolute atomic E-state index is 11.3. The summed E-state index contributed by atoms with van der Waals surface area (Å²) in [6, 6.07) is 0. The highest BCUT2D eigenvalue weighted by molar-refractivity contribution is 6.71. The zero-order chi connectivity index (χ0) is 13.2. The molecule has 0 N–H and O–H groups in total. The molecular formula is C9H17Cl3O3Si. The Balaban J connectivity index is 4.98. The maximum Gasteiger partial charge on any atom is 0.308 e. The van der Waals surface area contributed by atoms with Gasteiger partial charge in [-0.2, -0.15) is 0 Å². The summed E-state index contributed by atoms with van der Waals surface area (Å²) in [7, 11) is -0.656. The molecule has 0 spiro atoms. The fourth-order valence-electron chi connectivity index (χ4n) is 1.22. The molecule has 0 saturated carbocycles. The summed E-state index contributed by atoms with van der Waals surface area (Å²) in [6.45, 7) is 7.48. The highest BCUT2D eigenvalue weighted by Gasteiger charge is 2.49. The van der Waals surface area contributed by atoms with E-state index in [4.69, 9.17) is 39.2 Å². The number of alkyl halides is 3. The van der Waals surface area contributed by atoms with E-state index in [1.54, 1.807) is 6.92 Å². The summed E-state index contributed by atoms with van der Waals surface area (Å²) < 4.78 is 8.70. The fraction of sp³-hybridized carbons (Fsp3) is 0.889. The minimum Gasteiger partial charge on any atom is -0.469 e. The zero-order valence-corrected chi connectivity index (χ0v) is 13.3. The van der Waals surface area contributed by atoms with Crippen molar-refractivity contribution < 1.29 is 14.0 Å². The smallest absolute Gasteiger partial charge is 0.308 e. The molecule has 0 bridgehead atoms. The Kier molecular flexibility index (Phi) is 5.62. The molecule has 7 heteroatoms. The lowest BCUT2D eigenvalue weighted by Crippen LogP contribution is -2.50. The summed E-state index contributed by atoms with van der Waals surface area (Å²) in [6.07, 6.45) is -0.0930. The number of hydrogen-bond acceptors (Lipinski definition) is 3. The predicted molar refractivity (Wildman–Crippen MR) is 69.8 cm³/mol. The molecule has 0 saturated heterocycles. The molecule has 0 amide bonds. The maximum atomic E-state index is 11.3. The predicted octanol–water partition coefficient (Wildman–Crippen LogP) is 3.53. The van der Waals surface area contributed by atoms with Crippen LogP contribution in [0.2, 0.25) is 19.6 Å². The van der Waals surface area contributed by atoms with Crippen molar-refractivity contribution in [3.05, 3.63) is 0 Å². The minimum atomic E-state index is -1.94. The lowest BCUT2D eigenvalue weighted by atomic mass is 10.1. The molecule has 96 valence electrons. The van der Waals surface area contributed by atoms with Gasteiger partial charge < -0.3 is 9.16 Å². The van der Waals surface area contributed by atoms with Crippen molar-refractivity contribution in [3.8, 4) is 0 Å². The van der Waals surface area contributed by atoms with Gasteiger partial charge in [-0.15, -0.1) is 0 Å². The molecule has 1 atom stereocenters. The molecule has 0 aromatic carbocycles. The van der Waals surface area contributed by atoms with Gasteiger partial charge in [0.1, 0.15) is 5.60 Å². The third-order valence-corrected chi connectivity index (χ3v) is 4.10. The second kappa shape index (κ2) is 5.44. The SMILES string of the molecule is COC(=O)CC(C)(O[Si](C)(C)C)C(Cl)(Cl)Cl. The van der Waals surface area contributed by atoms with Crippen LogP contribution >= 0.6 is 34.8 Å². The molecule has 0 rings (SSSR count). The Hall–Kier alpha value is 0.517. The van der Waals surface area contributed by atoms with Crippen LogP contribution in [0.15, 0.2) is 0 Å². The molecule has 1 unspecified atom stereocenters. The lowest BCUT2D eigenvalue weighted by molar-refractivity contribution is -0.144. The molecule has 16 heavy (non-hydrogen) atoms. The van der Waals surface area contributed by atoms with E-state index in [-0.39, 0.29) is 6.42 Å². The van der Waals surface area contributed by atoms with Crippen LogP contribution in [0, 0.1) is 0 Å². The second-order valence-corrected chi connectivity index (χ2v) is 11.4. The van der Waals surface area contributed by atoms with Crippen molar-refractivity contribution in [3.63, 3.8) is 0 Å². The molecule has 0 heterocycles. The first kappa shape index (κ1) is 16.5. The van der Waals surface area contributed by atoms with E-state index < -0.39 is 23.7 Å². The first-order chi connectivity index (χ1) is 6.91. The summed E-state index contributed by atoms with van der Waals surface area (Å²) >= 11 is 17.6. The Labute approximate surface area is 112 Å². The van der Waals surface area contributed by atoms with Crippen molar-refractivity contribution in [1.29, 1.82) is 0 Å². The van der Waals surface area contributed by atoms with E-state index in [2.05, 4.69) is 4.74 Å². The van der Waals surface area contributed by atoms with Gasteiger partial charge in [-0.3, -0.25) is 4.79 Å². The summed E-state index contributed by atoms with van der Waals surface area (Å²) in [5, 5.41) is 0. The molecule has 0 aliphatic heterocycles. The first-order valence-electron chi connectivity index (χ1n) is 4.75. The molecule has 0 aliphatic carbocycles. The van der Waals surface area contributed by atoms with Gasteiger partial charge in [-0.05, 0) is 26.6 Å². The molecule has 0 aromatic rings. The summed E-state index contributed by atoms with van der Waals surface area (Å²) in [5.41, 5.74) is -1.17. The van der Waals surface area contributed by atoms with Crippen molar-refractivity contribution in [2.45, 2.75) is 42.4 Å². The number of hydrogen-bond donors (Lipinski definition) is 0. The van der Waals surface area contributed by atoms with E-state index in [1.807, 2.05) is 19.6 Å². The Morgan fingerprint density at radius 2 is 1.69 bits per heavy atom. The molecule has 0 radical (unpaired) electrons. The van der Waals surface area contributed by atoms with Gasteiger partial charge in [0.2, 0.25) is 3.79 Å². The van der Waals surface area contributed by atoms with Crippen LogP contribution in [0.4, 0.5) is 0 Å². The van der Waals surface area contributed by atoms with Crippen LogP contribution in [0.3, 0.4) is 0 Å². The average Bonchev–Trinajstić information content (AvgIpc) is 1.98. The molecule has 0 aromatic heterocycles. The largest absolute Gasteiger partial charge is 0.469 e. The molecular weight excluding hydrogens is 291 g/mol.